The topological polar surface area (TPSA) is 84.5 Å². The van der Waals surface area contributed by atoms with Crippen LogP contribution < -0.4 is 5.53 Å². The van der Waals surface area contributed by atoms with Crippen LogP contribution in [-0.4, -0.2) is 12.0 Å². The average Bonchev–Trinajstić information content (AvgIpc) is 1.69. The van der Waals surface area contributed by atoms with Gasteiger partial charge in [-0.3, -0.25) is 0 Å². The molecule has 0 saturated carbocycles. The maximum Gasteiger partial charge on any atom is 0.113 e. The van der Waals surface area contributed by atoms with Gasteiger partial charge in [0.1, 0.15) is 12.0 Å². The summed E-state index contributed by atoms with van der Waals surface area (Å²) in [4.78, 5) is 0. The second-order valence-electron chi connectivity index (χ2n) is 0.547. The maximum absolute atomic E-state index is 6.15. The smallest absolute Gasteiger partial charge is 0.113 e. The first-order chi connectivity index (χ1) is 3.41. The molecule has 0 amide bonds. The SMILES string of the molecule is N=C=NNN=C=N. The fraction of sp³-hybridized carbons (Fsp3) is 0. The third-order valence-corrected chi connectivity index (χ3v) is 0.212. The van der Waals surface area contributed by atoms with E-state index in [1.165, 1.54) is 0 Å². The van der Waals surface area contributed by atoms with E-state index in [2.05, 4.69) is 10.2 Å². The van der Waals surface area contributed by atoms with Crippen LogP contribution in [0.15, 0.2) is 10.2 Å². The minimum Gasteiger partial charge on any atom is -0.240 e. The van der Waals surface area contributed by atoms with Gasteiger partial charge in [0.05, 0.1) is 0 Å². The predicted octanol–water partition coefficient (Wildman–Crippen LogP) is -0.0887. The molecular formula is C2H3N5. The molecule has 0 aliphatic carbocycles. The van der Waals surface area contributed by atoms with Crippen LogP contribution >= 0.6 is 0 Å². The van der Waals surface area contributed by atoms with E-state index in [0.29, 0.717) is 0 Å². The minimum absolute atomic E-state index is 1.65. The van der Waals surface area contributed by atoms with Gasteiger partial charge in [-0.25, -0.2) is 10.8 Å². The zero-order chi connectivity index (χ0) is 5.54. The van der Waals surface area contributed by atoms with Crippen molar-refractivity contribution in [3.8, 4) is 0 Å². The van der Waals surface area contributed by atoms with Crippen molar-refractivity contribution >= 4 is 12.0 Å². The van der Waals surface area contributed by atoms with Crippen LogP contribution in [-0.2, 0) is 0 Å². The monoisotopic (exact) mass is 97.0 g/mol. The van der Waals surface area contributed by atoms with Crippen molar-refractivity contribution in [2.24, 2.45) is 10.2 Å². The highest BCUT2D eigenvalue weighted by Gasteiger charge is 1.53. The van der Waals surface area contributed by atoms with Crippen molar-refractivity contribution in [1.82, 2.24) is 5.53 Å². The first-order valence-corrected chi connectivity index (χ1v) is 1.39. The molecule has 0 rings (SSSR count). The number of nitrogens with zero attached hydrogens (tertiary/aromatic N) is 2. The Hall–Kier alpha value is -1.44. The Morgan fingerprint density at radius 1 is 1.14 bits per heavy atom. The summed E-state index contributed by atoms with van der Waals surface area (Å²) in [5.74, 6) is 0. The van der Waals surface area contributed by atoms with Crippen LogP contribution in [0.25, 0.3) is 0 Å². The summed E-state index contributed by atoms with van der Waals surface area (Å²) in [6.07, 6.45) is 0. The highest BCUT2D eigenvalue weighted by Crippen LogP contribution is 1.47. The number of hydrogen-bond donors (Lipinski definition) is 3. The van der Waals surface area contributed by atoms with Gasteiger partial charge < -0.3 is 0 Å². The highest BCUT2D eigenvalue weighted by molar-refractivity contribution is 5.36. The summed E-state index contributed by atoms with van der Waals surface area (Å²) in [5, 5.41) is 18.3. The fourth-order valence-corrected chi connectivity index (χ4v) is 0.0750. The van der Waals surface area contributed by atoms with Gasteiger partial charge in [0.2, 0.25) is 0 Å². The summed E-state index contributed by atoms with van der Waals surface area (Å²) in [5.41, 5.74) is 1.94. The second kappa shape index (κ2) is 4.56. The Bertz CT molecular complexity index is 109. The van der Waals surface area contributed by atoms with Crippen molar-refractivity contribution in [1.29, 1.82) is 10.8 Å². The summed E-state index contributed by atoms with van der Waals surface area (Å²) < 4.78 is 0. The third-order valence-electron chi connectivity index (χ3n) is 0.212. The molecule has 5 heteroatoms. The third kappa shape index (κ3) is 4.56. The molecule has 3 N–H and O–H groups in total. The van der Waals surface area contributed by atoms with Crippen LogP contribution in [0.2, 0.25) is 0 Å². The summed E-state index contributed by atoms with van der Waals surface area (Å²) in [6.45, 7) is 0. The Morgan fingerprint density at radius 3 is 1.86 bits per heavy atom. The largest absolute Gasteiger partial charge is 0.240 e. The van der Waals surface area contributed by atoms with Gasteiger partial charge in [0, 0.05) is 0 Å². The lowest BCUT2D eigenvalue weighted by molar-refractivity contribution is 0.817. The first kappa shape index (κ1) is 5.56. The lowest BCUT2D eigenvalue weighted by Gasteiger charge is -1.72. The number of rotatable bonds is 2. The minimum atomic E-state index is 1.65. The summed E-state index contributed by atoms with van der Waals surface area (Å²) in [7, 11) is 0. The molecule has 0 saturated heterocycles. The zero-order valence-electron chi connectivity index (χ0n) is 3.39. The first-order valence-electron chi connectivity index (χ1n) is 1.39. The fourth-order valence-electron chi connectivity index (χ4n) is 0.0750. The zero-order valence-corrected chi connectivity index (χ0v) is 3.39. The maximum atomic E-state index is 6.15. The molecule has 0 aliphatic heterocycles. The molecule has 5 nitrogen and oxygen atoms in total. The van der Waals surface area contributed by atoms with Gasteiger partial charge in [0.25, 0.3) is 0 Å². The Balaban J connectivity index is 3.33. The van der Waals surface area contributed by atoms with E-state index in [-0.39, 0.29) is 0 Å². The van der Waals surface area contributed by atoms with Crippen LogP contribution in [0.5, 0.6) is 0 Å². The summed E-state index contributed by atoms with van der Waals surface area (Å²) >= 11 is 0. The Kier molecular flexibility index (Phi) is 3.62. The Labute approximate surface area is 39.8 Å². The molecule has 0 unspecified atom stereocenters. The van der Waals surface area contributed by atoms with Crippen molar-refractivity contribution in [2.75, 3.05) is 0 Å². The molecule has 7 heavy (non-hydrogen) atoms. The predicted molar refractivity (Wildman–Crippen MR) is 23.4 cm³/mol. The van der Waals surface area contributed by atoms with Crippen molar-refractivity contribution in [3.63, 3.8) is 0 Å². The lowest BCUT2D eigenvalue weighted by atomic mass is 11.5. The second-order valence-corrected chi connectivity index (χ2v) is 0.547. The molecule has 0 radical (unpaired) electrons. The molecule has 0 spiro atoms. The lowest BCUT2D eigenvalue weighted by Crippen LogP contribution is -1.89. The number of hydrogen-bond acceptors (Lipinski definition) is 5. The number of hydrazone groups is 2. The van der Waals surface area contributed by atoms with Gasteiger partial charge in [0.15, 0.2) is 0 Å². The van der Waals surface area contributed by atoms with E-state index in [9.17, 15) is 0 Å². The van der Waals surface area contributed by atoms with Crippen LogP contribution in [0.4, 0.5) is 0 Å². The van der Waals surface area contributed by atoms with E-state index in [1.807, 2.05) is 5.53 Å². The molecule has 0 fully saturated rings. The van der Waals surface area contributed by atoms with Gasteiger partial charge >= 0.3 is 0 Å². The molecule has 0 atom stereocenters. The van der Waals surface area contributed by atoms with E-state index >= 15 is 0 Å². The van der Waals surface area contributed by atoms with E-state index < -0.39 is 0 Å². The molecule has 0 aromatic rings. The van der Waals surface area contributed by atoms with E-state index in [1.54, 1.807) is 12.0 Å². The molecule has 0 aromatic carbocycles. The standard InChI is InChI=1S/C2H3N5/c3-1-5-7-6-2-4/h3-4,7H. The quantitative estimate of drug-likeness (QED) is 0.326. The van der Waals surface area contributed by atoms with Gasteiger partial charge in [-0.2, -0.15) is 5.53 Å². The van der Waals surface area contributed by atoms with Crippen LogP contribution in [0.1, 0.15) is 0 Å². The van der Waals surface area contributed by atoms with Gasteiger partial charge in [-0.1, -0.05) is 10.2 Å². The number of nitrogens with one attached hydrogen (secondary N) is 3. The van der Waals surface area contributed by atoms with Gasteiger partial charge in [-0.05, 0) is 0 Å². The normalized spacial score (nSPS) is 5.14. The van der Waals surface area contributed by atoms with Crippen LogP contribution in [0.3, 0.4) is 0 Å². The van der Waals surface area contributed by atoms with E-state index in [0.717, 1.165) is 0 Å². The molecule has 0 aromatic heterocycles. The average molecular weight is 97.1 g/mol. The van der Waals surface area contributed by atoms with Crippen molar-refractivity contribution in [3.05, 3.63) is 0 Å². The van der Waals surface area contributed by atoms with Crippen LogP contribution in [0, 0.1) is 10.8 Å². The Morgan fingerprint density at radius 2 is 1.57 bits per heavy atom. The van der Waals surface area contributed by atoms with Gasteiger partial charge in [-0.15, -0.1) is 0 Å². The highest BCUT2D eigenvalue weighted by atomic mass is 15.5. The van der Waals surface area contributed by atoms with Crippen molar-refractivity contribution < 1.29 is 0 Å². The summed E-state index contributed by atoms with van der Waals surface area (Å²) in [6, 6.07) is 3.30. The van der Waals surface area contributed by atoms with Crippen molar-refractivity contribution in [2.45, 2.75) is 0 Å². The molecular weight excluding hydrogens is 94.1 g/mol. The molecule has 0 bridgehead atoms. The molecule has 36 valence electrons. The molecule has 0 aliphatic rings. The van der Waals surface area contributed by atoms with E-state index in [4.69, 9.17) is 10.8 Å². The molecule has 0 heterocycles.